The molecule has 0 amide bonds. The van der Waals surface area contributed by atoms with E-state index in [2.05, 4.69) is 75.4 Å². The van der Waals surface area contributed by atoms with Crippen LogP contribution in [0.3, 0.4) is 0 Å². The van der Waals surface area contributed by atoms with Crippen molar-refractivity contribution in [3.05, 3.63) is 77.2 Å². The lowest BCUT2D eigenvalue weighted by molar-refractivity contribution is 0.899. The zero-order valence-corrected chi connectivity index (χ0v) is 10.8. The van der Waals surface area contributed by atoms with Gasteiger partial charge in [-0.25, -0.2) is 0 Å². The van der Waals surface area contributed by atoms with Crippen LogP contribution in [0.4, 0.5) is 0 Å². The summed E-state index contributed by atoms with van der Waals surface area (Å²) in [5, 5.41) is 0. The van der Waals surface area contributed by atoms with Crippen LogP contribution in [0.5, 0.6) is 0 Å². The van der Waals surface area contributed by atoms with Crippen LogP contribution < -0.4 is 0 Å². The predicted octanol–water partition coefficient (Wildman–Crippen LogP) is 4.80. The van der Waals surface area contributed by atoms with Crippen molar-refractivity contribution >= 4 is 0 Å². The maximum atomic E-state index is 2.27. The summed E-state index contributed by atoms with van der Waals surface area (Å²) in [6, 6.07) is 19.4. The molecule has 0 spiro atoms. The van der Waals surface area contributed by atoms with Gasteiger partial charge >= 0.3 is 0 Å². The Kier molecular flexibility index (Phi) is 3.63. The largest absolute Gasteiger partial charge is 0.0622 e. The van der Waals surface area contributed by atoms with Crippen LogP contribution in [-0.4, -0.2) is 0 Å². The Morgan fingerprint density at radius 1 is 0.824 bits per heavy atom. The Hall–Kier alpha value is -1.56. The average molecular weight is 223 g/mol. The van der Waals surface area contributed by atoms with Gasteiger partial charge in [-0.15, -0.1) is 0 Å². The molecule has 0 N–H and O–H groups in total. The third-order valence-electron chi connectivity index (χ3n) is 3.27. The summed E-state index contributed by atoms with van der Waals surface area (Å²) in [5.41, 5.74) is 4.17. The van der Waals surface area contributed by atoms with E-state index in [0.717, 1.165) is 0 Å². The van der Waals surface area contributed by atoms with Crippen LogP contribution >= 0.6 is 0 Å². The van der Waals surface area contributed by atoms with Gasteiger partial charge in [-0.1, -0.05) is 75.4 Å². The number of benzene rings is 2. The summed E-state index contributed by atoms with van der Waals surface area (Å²) >= 11 is 0. The van der Waals surface area contributed by atoms with Gasteiger partial charge in [0.25, 0.3) is 0 Å². The standard InChI is InChI=1S/C17H19/c1-13(2)16-11-7-8-12-17(16)14(3)15-9-5-4-6-10-15/h4-12,14H,1-3H3. The average Bonchev–Trinajstić information content (AvgIpc) is 2.39. The molecule has 0 fully saturated rings. The molecule has 2 aromatic carbocycles. The predicted molar refractivity (Wildman–Crippen MR) is 74.1 cm³/mol. The number of hydrogen-bond acceptors (Lipinski definition) is 0. The van der Waals surface area contributed by atoms with Crippen molar-refractivity contribution in [3.8, 4) is 0 Å². The Morgan fingerprint density at radius 2 is 1.41 bits per heavy atom. The Morgan fingerprint density at radius 3 is 2.06 bits per heavy atom. The number of rotatable bonds is 3. The quantitative estimate of drug-likeness (QED) is 0.701. The Bertz CT molecular complexity index is 468. The molecule has 1 atom stereocenters. The van der Waals surface area contributed by atoms with Gasteiger partial charge in [-0.3, -0.25) is 0 Å². The van der Waals surface area contributed by atoms with Gasteiger partial charge in [0.1, 0.15) is 0 Å². The van der Waals surface area contributed by atoms with Gasteiger partial charge in [0.05, 0.1) is 0 Å². The lowest BCUT2D eigenvalue weighted by Crippen LogP contribution is -2.02. The molecule has 1 radical (unpaired) electrons. The molecule has 0 aliphatic carbocycles. The Balaban J connectivity index is 2.41. The van der Waals surface area contributed by atoms with Crippen molar-refractivity contribution in [1.82, 2.24) is 0 Å². The van der Waals surface area contributed by atoms with E-state index in [1.54, 1.807) is 0 Å². The van der Waals surface area contributed by atoms with Crippen molar-refractivity contribution in [3.63, 3.8) is 0 Å². The zero-order chi connectivity index (χ0) is 12.3. The number of hydrogen-bond donors (Lipinski definition) is 0. The van der Waals surface area contributed by atoms with Crippen LogP contribution in [0, 0.1) is 5.92 Å². The van der Waals surface area contributed by atoms with E-state index >= 15 is 0 Å². The van der Waals surface area contributed by atoms with Crippen LogP contribution in [0.25, 0.3) is 0 Å². The van der Waals surface area contributed by atoms with Gasteiger partial charge in [-0.2, -0.15) is 0 Å². The SMILES string of the molecule is C[C](C)c1ccccc1C(C)c1ccccc1. The molecule has 0 saturated carbocycles. The van der Waals surface area contributed by atoms with Crippen molar-refractivity contribution in [2.45, 2.75) is 26.7 Å². The minimum Gasteiger partial charge on any atom is -0.0622 e. The molecule has 0 heteroatoms. The van der Waals surface area contributed by atoms with E-state index in [1.807, 2.05) is 0 Å². The maximum absolute atomic E-state index is 2.27. The second kappa shape index (κ2) is 5.18. The van der Waals surface area contributed by atoms with E-state index < -0.39 is 0 Å². The molecule has 0 saturated heterocycles. The fourth-order valence-electron chi connectivity index (χ4n) is 2.25. The van der Waals surface area contributed by atoms with E-state index in [4.69, 9.17) is 0 Å². The molecule has 1 unspecified atom stereocenters. The lowest BCUT2D eigenvalue weighted by atomic mass is 9.86. The highest BCUT2D eigenvalue weighted by Crippen LogP contribution is 2.30. The van der Waals surface area contributed by atoms with Crippen LogP contribution in [0.1, 0.15) is 43.4 Å². The van der Waals surface area contributed by atoms with Gasteiger partial charge in [0.15, 0.2) is 0 Å². The fourth-order valence-corrected chi connectivity index (χ4v) is 2.25. The molecule has 0 bridgehead atoms. The normalized spacial score (nSPS) is 12.7. The van der Waals surface area contributed by atoms with Crippen LogP contribution in [-0.2, 0) is 0 Å². The smallest absolute Gasteiger partial charge is 0.00639 e. The summed E-state index contributed by atoms with van der Waals surface area (Å²) in [5.74, 6) is 1.82. The fraction of sp³-hybridized carbons (Fsp3) is 0.235. The zero-order valence-electron chi connectivity index (χ0n) is 10.8. The topological polar surface area (TPSA) is 0 Å². The lowest BCUT2D eigenvalue weighted by Gasteiger charge is -2.18. The summed E-state index contributed by atoms with van der Waals surface area (Å²) < 4.78 is 0. The van der Waals surface area contributed by atoms with E-state index in [9.17, 15) is 0 Å². The van der Waals surface area contributed by atoms with Crippen molar-refractivity contribution in [2.75, 3.05) is 0 Å². The van der Waals surface area contributed by atoms with E-state index in [0.29, 0.717) is 5.92 Å². The van der Waals surface area contributed by atoms with Crippen molar-refractivity contribution < 1.29 is 0 Å². The second-order valence-electron chi connectivity index (χ2n) is 4.72. The first kappa shape index (κ1) is 11.9. The van der Waals surface area contributed by atoms with Crippen molar-refractivity contribution in [2.24, 2.45) is 0 Å². The monoisotopic (exact) mass is 223 g/mol. The minimum absolute atomic E-state index is 0.447. The molecule has 2 rings (SSSR count). The molecule has 0 heterocycles. The van der Waals surface area contributed by atoms with Gasteiger partial charge in [-0.05, 0) is 22.6 Å². The highest BCUT2D eigenvalue weighted by atomic mass is 14.2. The molecule has 87 valence electrons. The summed E-state index contributed by atoms with van der Waals surface area (Å²) in [6.07, 6.45) is 0. The van der Waals surface area contributed by atoms with Gasteiger partial charge in [0.2, 0.25) is 0 Å². The molecule has 0 aliphatic heterocycles. The summed E-state index contributed by atoms with van der Waals surface area (Å²) in [4.78, 5) is 0. The minimum atomic E-state index is 0.447. The third-order valence-corrected chi connectivity index (χ3v) is 3.27. The molecule has 17 heavy (non-hydrogen) atoms. The highest BCUT2D eigenvalue weighted by molar-refractivity contribution is 5.43. The third kappa shape index (κ3) is 2.58. The van der Waals surface area contributed by atoms with Crippen LogP contribution in [0.2, 0.25) is 0 Å². The summed E-state index contributed by atoms with van der Waals surface area (Å²) in [6.45, 7) is 6.63. The maximum Gasteiger partial charge on any atom is 0.00639 e. The first-order valence-electron chi connectivity index (χ1n) is 6.14. The molecule has 2 aromatic rings. The van der Waals surface area contributed by atoms with Gasteiger partial charge < -0.3 is 0 Å². The van der Waals surface area contributed by atoms with Gasteiger partial charge in [0, 0.05) is 5.92 Å². The Labute approximate surface area is 104 Å². The first-order valence-corrected chi connectivity index (χ1v) is 6.14. The second-order valence-corrected chi connectivity index (χ2v) is 4.72. The molecule has 0 aliphatic rings. The van der Waals surface area contributed by atoms with E-state index in [-0.39, 0.29) is 0 Å². The van der Waals surface area contributed by atoms with Crippen molar-refractivity contribution in [1.29, 1.82) is 0 Å². The highest BCUT2D eigenvalue weighted by Gasteiger charge is 2.13. The first-order chi connectivity index (χ1) is 8.20. The van der Waals surface area contributed by atoms with Crippen LogP contribution in [0.15, 0.2) is 54.6 Å². The molecule has 0 aromatic heterocycles. The molecular weight excluding hydrogens is 204 g/mol. The molecular formula is C17H19. The molecule has 0 nitrogen and oxygen atoms in total. The summed E-state index contributed by atoms with van der Waals surface area (Å²) in [7, 11) is 0. The van der Waals surface area contributed by atoms with E-state index in [1.165, 1.54) is 22.6 Å².